The van der Waals surface area contributed by atoms with E-state index in [-0.39, 0.29) is 6.04 Å². The standard InChI is InChI=1S/C16H26N2O/c1-13(14-6-4-5-7-15(14)19)17-12-16(2)8-10-18(3)11-9-16/h4-7,13,17,19H,8-12H2,1-3H3. The van der Waals surface area contributed by atoms with Crippen molar-refractivity contribution in [1.82, 2.24) is 10.2 Å². The number of phenolic OH excluding ortho intramolecular Hbond substituents is 1. The number of para-hydroxylation sites is 1. The quantitative estimate of drug-likeness (QED) is 0.876. The van der Waals surface area contributed by atoms with Gasteiger partial charge in [-0.3, -0.25) is 0 Å². The van der Waals surface area contributed by atoms with Crippen molar-refractivity contribution in [3.05, 3.63) is 29.8 Å². The number of hydrogen-bond donors (Lipinski definition) is 2. The molecule has 106 valence electrons. The largest absolute Gasteiger partial charge is 0.508 e. The lowest BCUT2D eigenvalue weighted by Gasteiger charge is -2.38. The van der Waals surface area contributed by atoms with Crippen LogP contribution in [0.5, 0.6) is 5.75 Å². The van der Waals surface area contributed by atoms with Crippen LogP contribution in [0.1, 0.15) is 38.3 Å². The lowest BCUT2D eigenvalue weighted by atomic mass is 9.80. The van der Waals surface area contributed by atoms with Gasteiger partial charge in [-0.15, -0.1) is 0 Å². The molecule has 1 unspecified atom stereocenters. The van der Waals surface area contributed by atoms with Crippen LogP contribution < -0.4 is 5.32 Å². The van der Waals surface area contributed by atoms with Gasteiger partial charge in [-0.25, -0.2) is 0 Å². The Hall–Kier alpha value is -1.06. The number of rotatable bonds is 4. The van der Waals surface area contributed by atoms with Gasteiger partial charge in [0.2, 0.25) is 0 Å². The molecule has 1 saturated heterocycles. The van der Waals surface area contributed by atoms with E-state index in [0.717, 1.165) is 12.1 Å². The van der Waals surface area contributed by atoms with Crippen LogP contribution >= 0.6 is 0 Å². The third kappa shape index (κ3) is 3.71. The molecule has 1 aromatic carbocycles. The molecule has 0 aromatic heterocycles. The molecule has 3 nitrogen and oxygen atoms in total. The summed E-state index contributed by atoms with van der Waals surface area (Å²) in [5.41, 5.74) is 1.37. The van der Waals surface area contributed by atoms with Crippen LogP contribution in [0, 0.1) is 5.41 Å². The van der Waals surface area contributed by atoms with E-state index in [0.29, 0.717) is 11.2 Å². The van der Waals surface area contributed by atoms with E-state index in [1.54, 1.807) is 6.07 Å². The normalized spacial score (nSPS) is 21.2. The first kappa shape index (κ1) is 14.4. The molecule has 1 aliphatic rings. The maximum absolute atomic E-state index is 9.87. The molecule has 0 spiro atoms. The number of nitrogens with zero attached hydrogens (tertiary/aromatic N) is 1. The molecule has 0 aliphatic carbocycles. The zero-order valence-electron chi connectivity index (χ0n) is 12.3. The summed E-state index contributed by atoms with van der Waals surface area (Å²) in [5, 5.41) is 13.5. The number of piperidine rings is 1. The smallest absolute Gasteiger partial charge is 0.120 e. The van der Waals surface area contributed by atoms with Gasteiger partial charge < -0.3 is 15.3 Å². The molecule has 19 heavy (non-hydrogen) atoms. The molecule has 1 aliphatic heterocycles. The van der Waals surface area contributed by atoms with Gasteiger partial charge in [-0.05, 0) is 51.4 Å². The van der Waals surface area contributed by atoms with Crippen LogP contribution in [0.2, 0.25) is 0 Å². The van der Waals surface area contributed by atoms with E-state index in [4.69, 9.17) is 0 Å². The summed E-state index contributed by atoms with van der Waals surface area (Å²) in [7, 11) is 2.19. The molecule has 2 N–H and O–H groups in total. The summed E-state index contributed by atoms with van der Waals surface area (Å²) in [5.74, 6) is 0.385. The van der Waals surface area contributed by atoms with E-state index >= 15 is 0 Å². The van der Waals surface area contributed by atoms with Crippen molar-refractivity contribution in [3.63, 3.8) is 0 Å². The minimum absolute atomic E-state index is 0.192. The summed E-state index contributed by atoms with van der Waals surface area (Å²) in [6.07, 6.45) is 2.48. The predicted molar refractivity (Wildman–Crippen MR) is 79.4 cm³/mol. The minimum Gasteiger partial charge on any atom is -0.508 e. The Kier molecular flexibility index (Phi) is 4.48. The van der Waals surface area contributed by atoms with Crippen LogP contribution in [0.15, 0.2) is 24.3 Å². The van der Waals surface area contributed by atoms with Crippen molar-refractivity contribution in [2.75, 3.05) is 26.7 Å². The third-order valence-corrected chi connectivity index (χ3v) is 4.43. The van der Waals surface area contributed by atoms with Gasteiger partial charge in [-0.2, -0.15) is 0 Å². The van der Waals surface area contributed by atoms with Crippen LogP contribution in [0.3, 0.4) is 0 Å². The van der Waals surface area contributed by atoms with E-state index in [9.17, 15) is 5.11 Å². The second kappa shape index (κ2) is 5.93. The number of nitrogens with one attached hydrogen (secondary N) is 1. The van der Waals surface area contributed by atoms with Gasteiger partial charge in [0.25, 0.3) is 0 Å². The first-order chi connectivity index (χ1) is 9.00. The van der Waals surface area contributed by atoms with Crippen molar-refractivity contribution >= 4 is 0 Å². The van der Waals surface area contributed by atoms with Gasteiger partial charge in [0, 0.05) is 18.2 Å². The monoisotopic (exact) mass is 262 g/mol. The molecule has 0 amide bonds. The second-order valence-electron chi connectivity index (χ2n) is 6.28. The van der Waals surface area contributed by atoms with Crippen LogP contribution in [-0.2, 0) is 0 Å². The van der Waals surface area contributed by atoms with E-state index in [2.05, 4.69) is 31.1 Å². The lowest BCUT2D eigenvalue weighted by molar-refractivity contribution is 0.134. The Labute approximate surface area is 116 Å². The molecule has 0 bridgehead atoms. The Morgan fingerprint density at radius 1 is 1.32 bits per heavy atom. The Bertz CT molecular complexity index is 411. The fraction of sp³-hybridized carbons (Fsp3) is 0.625. The topological polar surface area (TPSA) is 35.5 Å². The lowest BCUT2D eigenvalue weighted by Crippen LogP contribution is -2.42. The molecular formula is C16H26N2O. The molecule has 0 radical (unpaired) electrons. The average Bonchev–Trinajstić information content (AvgIpc) is 2.41. The number of phenols is 1. The molecular weight excluding hydrogens is 236 g/mol. The van der Waals surface area contributed by atoms with Gasteiger partial charge >= 0.3 is 0 Å². The summed E-state index contributed by atoms with van der Waals surface area (Å²) < 4.78 is 0. The summed E-state index contributed by atoms with van der Waals surface area (Å²) >= 11 is 0. The molecule has 1 aromatic rings. The maximum Gasteiger partial charge on any atom is 0.120 e. The molecule has 1 heterocycles. The first-order valence-corrected chi connectivity index (χ1v) is 7.20. The van der Waals surface area contributed by atoms with Crippen LogP contribution in [0.25, 0.3) is 0 Å². The second-order valence-corrected chi connectivity index (χ2v) is 6.28. The zero-order valence-corrected chi connectivity index (χ0v) is 12.3. The molecule has 1 fully saturated rings. The highest BCUT2D eigenvalue weighted by Gasteiger charge is 2.29. The number of benzene rings is 1. The fourth-order valence-electron chi connectivity index (χ4n) is 2.70. The minimum atomic E-state index is 0.192. The van der Waals surface area contributed by atoms with E-state index in [1.807, 2.05) is 18.2 Å². The van der Waals surface area contributed by atoms with E-state index < -0.39 is 0 Å². The molecule has 2 rings (SSSR count). The molecule has 3 heteroatoms. The van der Waals surface area contributed by atoms with Crippen molar-refractivity contribution in [3.8, 4) is 5.75 Å². The maximum atomic E-state index is 9.87. The van der Waals surface area contributed by atoms with Gasteiger partial charge in [0.05, 0.1) is 0 Å². The summed E-state index contributed by atoms with van der Waals surface area (Å²) in [6, 6.07) is 7.78. The fourth-order valence-corrected chi connectivity index (χ4v) is 2.70. The highest BCUT2D eigenvalue weighted by molar-refractivity contribution is 5.34. The first-order valence-electron chi connectivity index (χ1n) is 7.20. The summed E-state index contributed by atoms with van der Waals surface area (Å²) in [6.45, 7) is 7.86. The number of hydrogen-bond acceptors (Lipinski definition) is 3. The van der Waals surface area contributed by atoms with Crippen molar-refractivity contribution in [1.29, 1.82) is 0 Å². The third-order valence-electron chi connectivity index (χ3n) is 4.43. The molecule has 0 saturated carbocycles. The highest BCUT2D eigenvalue weighted by Crippen LogP contribution is 2.31. The van der Waals surface area contributed by atoms with Crippen LogP contribution in [0.4, 0.5) is 0 Å². The molecule has 1 atom stereocenters. The highest BCUT2D eigenvalue weighted by atomic mass is 16.3. The average molecular weight is 262 g/mol. The Morgan fingerprint density at radius 2 is 1.95 bits per heavy atom. The number of aromatic hydroxyl groups is 1. The van der Waals surface area contributed by atoms with E-state index in [1.165, 1.54) is 25.9 Å². The van der Waals surface area contributed by atoms with Gasteiger partial charge in [-0.1, -0.05) is 25.1 Å². The Morgan fingerprint density at radius 3 is 2.58 bits per heavy atom. The predicted octanol–water partition coefficient (Wildman–Crippen LogP) is 2.77. The van der Waals surface area contributed by atoms with Gasteiger partial charge in [0.1, 0.15) is 5.75 Å². The van der Waals surface area contributed by atoms with Crippen molar-refractivity contribution < 1.29 is 5.11 Å². The summed E-state index contributed by atoms with van der Waals surface area (Å²) in [4.78, 5) is 2.40. The Balaban J connectivity index is 1.90. The SMILES string of the molecule is CC(NCC1(C)CCN(C)CC1)c1ccccc1O. The van der Waals surface area contributed by atoms with Crippen molar-refractivity contribution in [2.24, 2.45) is 5.41 Å². The zero-order chi connectivity index (χ0) is 13.9. The van der Waals surface area contributed by atoms with Crippen LogP contribution in [-0.4, -0.2) is 36.7 Å². The van der Waals surface area contributed by atoms with Crippen molar-refractivity contribution in [2.45, 2.75) is 32.7 Å². The number of likely N-dealkylation sites (tertiary alicyclic amines) is 1. The van der Waals surface area contributed by atoms with Gasteiger partial charge in [0.15, 0.2) is 0 Å².